The zero-order valence-electron chi connectivity index (χ0n) is 13.1. The molecular weight excluding hydrogens is 294 g/mol. The average Bonchev–Trinajstić information content (AvgIpc) is 2.62. The van der Waals surface area contributed by atoms with Crippen LogP contribution in [0.3, 0.4) is 0 Å². The Morgan fingerprint density at radius 1 is 1.13 bits per heavy atom. The molecule has 2 aromatic rings. The minimum Gasteiger partial charge on any atom is -0.351 e. The SMILES string of the molecule is CN(c1ccccc1)c1ncnc(N2CCCCC2)c1[N+](=O)[O-]. The molecule has 0 amide bonds. The van der Waals surface area contributed by atoms with Gasteiger partial charge in [-0.1, -0.05) is 18.2 Å². The van der Waals surface area contributed by atoms with E-state index in [4.69, 9.17) is 0 Å². The van der Waals surface area contributed by atoms with Crippen molar-refractivity contribution in [2.24, 2.45) is 0 Å². The number of nitro groups is 1. The van der Waals surface area contributed by atoms with Gasteiger partial charge < -0.3 is 9.80 Å². The van der Waals surface area contributed by atoms with E-state index in [-0.39, 0.29) is 10.6 Å². The van der Waals surface area contributed by atoms with Crippen molar-refractivity contribution in [3.05, 3.63) is 46.8 Å². The number of aromatic nitrogens is 2. The molecule has 0 saturated carbocycles. The van der Waals surface area contributed by atoms with Crippen LogP contribution < -0.4 is 9.80 Å². The molecule has 0 atom stereocenters. The van der Waals surface area contributed by atoms with Crippen molar-refractivity contribution in [1.82, 2.24) is 9.97 Å². The normalized spacial score (nSPS) is 14.6. The molecule has 0 unspecified atom stereocenters. The molecule has 0 N–H and O–H groups in total. The van der Waals surface area contributed by atoms with Crippen molar-refractivity contribution in [3.63, 3.8) is 0 Å². The van der Waals surface area contributed by atoms with Crippen LogP contribution in [-0.2, 0) is 0 Å². The third-order valence-corrected chi connectivity index (χ3v) is 4.08. The molecule has 0 spiro atoms. The topological polar surface area (TPSA) is 75.4 Å². The molecule has 23 heavy (non-hydrogen) atoms. The largest absolute Gasteiger partial charge is 0.353 e. The highest BCUT2D eigenvalue weighted by atomic mass is 16.6. The van der Waals surface area contributed by atoms with Crippen LogP contribution in [0.15, 0.2) is 36.7 Å². The lowest BCUT2D eigenvalue weighted by Crippen LogP contribution is -2.31. The summed E-state index contributed by atoms with van der Waals surface area (Å²) in [5.41, 5.74) is 0.819. The Labute approximate surface area is 134 Å². The zero-order chi connectivity index (χ0) is 16.2. The fraction of sp³-hybridized carbons (Fsp3) is 0.375. The van der Waals surface area contributed by atoms with E-state index in [2.05, 4.69) is 9.97 Å². The summed E-state index contributed by atoms with van der Waals surface area (Å²) in [7, 11) is 1.78. The minimum absolute atomic E-state index is 0.0271. The number of nitrogens with zero attached hydrogens (tertiary/aromatic N) is 5. The predicted octanol–water partition coefficient (Wildman–Crippen LogP) is 3.14. The summed E-state index contributed by atoms with van der Waals surface area (Å²) in [5.74, 6) is 0.735. The molecule has 1 aromatic heterocycles. The second kappa shape index (κ2) is 6.60. The Hall–Kier alpha value is -2.70. The lowest BCUT2D eigenvalue weighted by atomic mass is 10.1. The van der Waals surface area contributed by atoms with Gasteiger partial charge in [0.1, 0.15) is 6.33 Å². The van der Waals surface area contributed by atoms with E-state index in [0.29, 0.717) is 11.6 Å². The van der Waals surface area contributed by atoms with Gasteiger partial charge in [-0.25, -0.2) is 9.97 Å². The van der Waals surface area contributed by atoms with Gasteiger partial charge in [-0.3, -0.25) is 10.1 Å². The molecule has 3 rings (SSSR count). The molecule has 1 aromatic carbocycles. The fourth-order valence-electron chi connectivity index (χ4n) is 2.88. The van der Waals surface area contributed by atoms with Crippen LogP contribution >= 0.6 is 0 Å². The summed E-state index contributed by atoms with van der Waals surface area (Å²) in [6.45, 7) is 1.60. The molecule has 1 aliphatic heterocycles. The first kappa shape index (κ1) is 15.2. The summed E-state index contributed by atoms with van der Waals surface area (Å²) in [6.07, 6.45) is 4.63. The third kappa shape index (κ3) is 3.08. The number of benzene rings is 1. The van der Waals surface area contributed by atoms with Crippen LogP contribution in [0.1, 0.15) is 19.3 Å². The van der Waals surface area contributed by atoms with Gasteiger partial charge in [-0.2, -0.15) is 0 Å². The summed E-state index contributed by atoms with van der Waals surface area (Å²) in [5, 5.41) is 11.7. The van der Waals surface area contributed by atoms with Gasteiger partial charge in [0.2, 0.25) is 11.6 Å². The van der Waals surface area contributed by atoms with E-state index in [0.717, 1.165) is 38.0 Å². The second-order valence-electron chi connectivity index (χ2n) is 5.57. The van der Waals surface area contributed by atoms with E-state index in [1.165, 1.54) is 6.33 Å². The van der Waals surface area contributed by atoms with E-state index in [9.17, 15) is 10.1 Å². The number of hydrogen-bond acceptors (Lipinski definition) is 6. The molecule has 1 aliphatic rings. The maximum atomic E-state index is 11.7. The maximum Gasteiger partial charge on any atom is 0.353 e. The zero-order valence-corrected chi connectivity index (χ0v) is 13.1. The van der Waals surface area contributed by atoms with Crippen LogP contribution in [0.2, 0.25) is 0 Å². The van der Waals surface area contributed by atoms with Crippen molar-refractivity contribution < 1.29 is 4.92 Å². The highest BCUT2D eigenvalue weighted by Crippen LogP contribution is 2.37. The van der Waals surface area contributed by atoms with Crippen LogP contribution in [0.4, 0.5) is 23.0 Å². The first-order valence-electron chi connectivity index (χ1n) is 7.71. The van der Waals surface area contributed by atoms with Crippen molar-refractivity contribution in [2.45, 2.75) is 19.3 Å². The summed E-state index contributed by atoms with van der Waals surface area (Å²) in [6, 6.07) is 9.48. The van der Waals surface area contributed by atoms with Gasteiger partial charge in [0.05, 0.1) is 4.92 Å². The Morgan fingerprint density at radius 3 is 2.48 bits per heavy atom. The number of hydrogen-bond donors (Lipinski definition) is 0. The Bertz CT molecular complexity index is 686. The molecule has 2 heterocycles. The standard InChI is InChI=1S/C16H19N5O2/c1-19(13-8-4-2-5-9-13)15-14(21(22)23)16(18-12-17-15)20-10-6-3-7-11-20/h2,4-5,8-9,12H,3,6-7,10-11H2,1H3. The molecule has 1 saturated heterocycles. The number of piperidine rings is 1. The number of anilines is 3. The minimum atomic E-state index is -0.376. The van der Waals surface area contributed by atoms with Crippen molar-refractivity contribution in [1.29, 1.82) is 0 Å². The van der Waals surface area contributed by atoms with E-state index >= 15 is 0 Å². The maximum absolute atomic E-state index is 11.7. The van der Waals surface area contributed by atoms with E-state index in [1.54, 1.807) is 11.9 Å². The lowest BCUT2D eigenvalue weighted by Gasteiger charge is -2.28. The number of para-hydroxylation sites is 1. The van der Waals surface area contributed by atoms with Crippen LogP contribution in [0.5, 0.6) is 0 Å². The molecule has 120 valence electrons. The van der Waals surface area contributed by atoms with Gasteiger partial charge in [0, 0.05) is 25.8 Å². The van der Waals surface area contributed by atoms with Crippen molar-refractivity contribution in [2.75, 3.05) is 29.9 Å². The van der Waals surface area contributed by atoms with Crippen LogP contribution in [0.25, 0.3) is 0 Å². The van der Waals surface area contributed by atoms with Gasteiger partial charge in [0.15, 0.2) is 0 Å². The second-order valence-corrected chi connectivity index (χ2v) is 5.57. The highest BCUT2D eigenvalue weighted by molar-refractivity contribution is 5.75. The van der Waals surface area contributed by atoms with E-state index in [1.807, 2.05) is 35.2 Å². The molecule has 7 heteroatoms. The summed E-state index contributed by atoms with van der Waals surface area (Å²) in [4.78, 5) is 23.4. The Balaban J connectivity index is 2.04. The Kier molecular flexibility index (Phi) is 4.36. The monoisotopic (exact) mass is 313 g/mol. The van der Waals surface area contributed by atoms with Crippen molar-refractivity contribution in [3.8, 4) is 0 Å². The smallest absolute Gasteiger partial charge is 0.351 e. The van der Waals surface area contributed by atoms with Gasteiger partial charge in [-0.05, 0) is 31.4 Å². The highest BCUT2D eigenvalue weighted by Gasteiger charge is 2.29. The quantitative estimate of drug-likeness (QED) is 0.637. The van der Waals surface area contributed by atoms with Crippen LogP contribution in [-0.4, -0.2) is 35.0 Å². The predicted molar refractivity (Wildman–Crippen MR) is 89.3 cm³/mol. The molecule has 1 fully saturated rings. The fourth-order valence-corrected chi connectivity index (χ4v) is 2.88. The van der Waals surface area contributed by atoms with Gasteiger partial charge >= 0.3 is 5.69 Å². The average molecular weight is 313 g/mol. The lowest BCUT2D eigenvalue weighted by molar-refractivity contribution is -0.383. The molecule has 0 bridgehead atoms. The molecule has 7 nitrogen and oxygen atoms in total. The van der Waals surface area contributed by atoms with Gasteiger partial charge in [0.25, 0.3) is 0 Å². The summed E-state index contributed by atoms with van der Waals surface area (Å²) >= 11 is 0. The van der Waals surface area contributed by atoms with Gasteiger partial charge in [-0.15, -0.1) is 0 Å². The van der Waals surface area contributed by atoms with Crippen molar-refractivity contribution >= 4 is 23.0 Å². The first-order chi connectivity index (χ1) is 11.2. The molecular formula is C16H19N5O2. The van der Waals surface area contributed by atoms with E-state index < -0.39 is 0 Å². The third-order valence-electron chi connectivity index (χ3n) is 4.08. The Morgan fingerprint density at radius 2 is 1.83 bits per heavy atom. The molecule has 0 aliphatic carbocycles. The molecule has 0 radical (unpaired) electrons. The summed E-state index contributed by atoms with van der Waals surface area (Å²) < 4.78 is 0. The first-order valence-corrected chi connectivity index (χ1v) is 7.71. The van der Waals surface area contributed by atoms with Crippen LogP contribution in [0, 0.1) is 10.1 Å². The number of rotatable bonds is 4.